The van der Waals surface area contributed by atoms with E-state index in [2.05, 4.69) is 5.32 Å². The van der Waals surface area contributed by atoms with Crippen LogP contribution in [-0.2, 0) is 17.7 Å². The maximum Gasteiger partial charge on any atom is 0.123 e. The molecule has 2 aliphatic rings. The molecular formula is C20H20ClFN2O. The highest BCUT2D eigenvalue weighted by molar-refractivity contribution is 6.30. The van der Waals surface area contributed by atoms with E-state index in [4.69, 9.17) is 21.3 Å². The molecule has 0 bridgehead atoms. The molecule has 1 N–H and O–H groups in total. The minimum Gasteiger partial charge on any atom is -0.381 e. The first-order valence-corrected chi connectivity index (χ1v) is 8.95. The van der Waals surface area contributed by atoms with Gasteiger partial charge in [0.05, 0.1) is 6.54 Å². The summed E-state index contributed by atoms with van der Waals surface area (Å²) >= 11 is 6.07. The third kappa shape index (κ3) is 3.42. The van der Waals surface area contributed by atoms with E-state index in [0.717, 1.165) is 46.9 Å². The predicted molar refractivity (Wildman–Crippen MR) is 98.8 cm³/mol. The van der Waals surface area contributed by atoms with Crippen LogP contribution in [0.1, 0.15) is 24.0 Å². The first-order chi connectivity index (χ1) is 12.1. The van der Waals surface area contributed by atoms with Crippen LogP contribution >= 0.6 is 11.6 Å². The maximum absolute atomic E-state index is 13.7. The molecule has 0 amide bonds. The summed E-state index contributed by atoms with van der Waals surface area (Å²) in [6.45, 7) is 1.99. The number of aliphatic imine (C=N–C) groups is 1. The topological polar surface area (TPSA) is 33.6 Å². The molecule has 4 rings (SSSR count). The summed E-state index contributed by atoms with van der Waals surface area (Å²) in [7, 11) is 0. The molecule has 0 saturated carbocycles. The van der Waals surface area contributed by atoms with Gasteiger partial charge in [0.15, 0.2) is 0 Å². The average molecular weight is 359 g/mol. The van der Waals surface area contributed by atoms with Crippen molar-refractivity contribution in [2.45, 2.75) is 25.8 Å². The number of hydrogen-bond acceptors (Lipinski definition) is 2. The van der Waals surface area contributed by atoms with Crippen molar-refractivity contribution < 1.29 is 9.13 Å². The summed E-state index contributed by atoms with van der Waals surface area (Å²) < 4.78 is 19.2. The van der Waals surface area contributed by atoms with Gasteiger partial charge in [0, 0.05) is 29.3 Å². The fraction of sp³-hybridized carbons (Fsp3) is 0.350. The Bertz CT molecular complexity index is 815. The highest BCUT2D eigenvalue weighted by Gasteiger charge is 2.41. The predicted octanol–water partition coefficient (Wildman–Crippen LogP) is 4.84. The lowest BCUT2D eigenvalue weighted by molar-refractivity contribution is 0.0448. The maximum atomic E-state index is 13.7. The lowest BCUT2D eigenvalue weighted by Crippen LogP contribution is -2.45. The Morgan fingerprint density at radius 3 is 2.80 bits per heavy atom. The van der Waals surface area contributed by atoms with Crippen LogP contribution in [0.25, 0.3) is 0 Å². The van der Waals surface area contributed by atoms with Gasteiger partial charge >= 0.3 is 0 Å². The molecular weight excluding hydrogens is 339 g/mol. The Labute approximate surface area is 151 Å². The van der Waals surface area contributed by atoms with Crippen molar-refractivity contribution >= 4 is 23.1 Å². The molecule has 0 radical (unpaired) electrons. The summed E-state index contributed by atoms with van der Waals surface area (Å²) in [5.74, 6) is 0.789. The van der Waals surface area contributed by atoms with Gasteiger partial charge in [-0.3, -0.25) is 4.99 Å². The normalized spacial score (nSPS) is 20.3. The summed E-state index contributed by atoms with van der Waals surface area (Å²) in [6.07, 6.45) is 2.58. The highest BCUT2D eigenvalue weighted by Crippen LogP contribution is 2.42. The van der Waals surface area contributed by atoms with Crippen LogP contribution < -0.4 is 5.32 Å². The lowest BCUT2D eigenvalue weighted by Gasteiger charge is -2.42. The first-order valence-electron chi connectivity index (χ1n) is 8.57. The number of halogens is 2. The van der Waals surface area contributed by atoms with Crippen molar-refractivity contribution in [3.63, 3.8) is 0 Å². The number of anilines is 1. The van der Waals surface area contributed by atoms with Crippen molar-refractivity contribution in [3.05, 3.63) is 64.4 Å². The molecule has 1 spiro atoms. The minimum absolute atomic E-state index is 0.0996. The van der Waals surface area contributed by atoms with Gasteiger partial charge in [0.2, 0.25) is 0 Å². The summed E-state index contributed by atoms with van der Waals surface area (Å²) in [4.78, 5) is 4.89. The molecule has 0 aromatic heterocycles. The highest BCUT2D eigenvalue weighted by atomic mass is 35.5. The number of rotatable bonds is 2. The van der Waals surface area contributed by atoms with Gasteiger partial charge in [-0.1, -0.05) is 23.7 Å². The van der Waals surface area contributed by atoms with Crippen LogP contribution in [0.3, 0.4) is 0 Å². The van der Waals surface area contributed by atoms with Gasteiger partial charge in [-0.05, 0) is 60.7 Å². The third-order valence-corrected chi connectivity index (χ3v) is 5.35. The van der Waals surface area contributed by atoms with E-state index in [-0.39, 0.29) is 11.2 Å². The van der Waals surface area contributed by atoms with Gasteiger partial charge in [-0.25, -0.2) is 4.39 Å². The zero-order valence-electron chi connectivity index (χ0n) is 13.9. The van der Waals surface area contributed by atoms with E-state index >= 15 is 0 Å². The van der Waals surface area contributed by atoms with E-state index in [1.54, 1.807) is 12.1 Å². The third-order valence-electron chi connectivity index (χ3n) is 5.11. The van der Waals surface area contributed by atoms with Crippen molar-refractivity contribution in [1.29, 1.82) is 0 Å². The van der Waals surface area contributed by atoms with E-state index in [1.807, 2.05) is 24.3 Å². The van der Waals surface area contributed by atoms with E-state index in [9.17, 15) is 4.39 Å². The summed E-state index contributed by atoms with van der Waals surface area (Å²) in [6, 6.07) is 12.7. The largest absolute Gasteiger partial charge is 0.381 e. The van der Waals surface area contributed by atoms with Crippen LogP contribution in [0.15, 0.2) is 47.5 Å². The Balaban J connectivity index is 1.68. The van der Waals surface area contributed by atoms with Crippen LogP contribution in [0.5, 0.6) is 0 Å². The number of fused-ring (bicyclic) bond motifs is 1. The number of nitrogens with one attached hydrogen (secondary N) is 1. The fourth-order valence-corrected chi connectivity index (χ4v) is 3.94. The minimum atomic E-state index is -0.193. The van der Waals surface area contributed by atoms with E-state index in [1.165, 1.54) is 6.07 Å². The lowest BCUT2D eigenvalue weighted by atomic mass is 9.71. The van der Waals surface area contributed by atoms with Crippen molar-refractivity contribution in [2.75, 3.05) is 18.5 Å². The monoisotopic (exact) mass is 358 g/mol. The van der Waals surface area contributed by atoms with E-state index < -0.39 is 0 Å². The summed E-state index contributed by atoms with van der Waals surface area (Å²) in [5.41, 5.74) is 2.94. The van der Waals surface area contributed by atoms with Gasteiger partial charge in [-0.15, -0.1) is 0 Å². The molecule has 1 saturated heterocycles. The number of hydrogen-bond donors (Lipinski definition) is 1. The molecule has 2 aromatic rings. The number of benzene rings is 2. The first kappa shape index (κ1) is 16.6. The Morgan fingerprint density at radius 2 is 2.00 bits per heavy atom. The van der Waals surface area contributed by atoms with Crippen LogP contribution in [0.2, 0.25) is 5.02 Å². The fourth-order valence-electron chi connectivity index (χ4n) is 3.73. The second-order valence-electron chi connectivity index (χ2n) is 6.79. The number of nitrogens with zero attached hydrogens (tertiary/aromatic N) is 1. The molecule has 3 nitrogen and oxygen atoms in total. The van der Waals surface area contributed by atoms with Crippen LogP contribution in [0.4, 0.5) is 10.1 Å². The Kier molecular flexibility index (Phi) is 4.48. The van der Waals surface area contributed by atoms with Gasteiger partial charge in [0.1, 0.15) is 11.7 Å². The number of amidine groups is 1. The van der Waals surface area contributed by atoms with Gasteiger partial charge in [0.25, 0.3) is 0 Å². The molecule has 25 heavy (non-hydrogen) atoms. The zero-order chi connectivity index (χ0) is 17.3. The summed E-state index contributed by atoms with van der Waals surface area (Å²) in [5, 5.41) is 4.18. The molecule has 2 aromatic carbocycles. The van der Waals surface area contributed by atoms with Crippen LogP contribution in [-0.4, -0.2) is 19.0 Å². The number of ether oxygens (including phenoxy) is 1. The smallest absolute Gasteiger partial charge is 0.123 e. The van der Waals surface area contributed by atoms with Crippen molar-refractivity contribution in [3.8, 4) is 0 Å². The molecule has 0 aliphatic carbocycles. The Morgan fingerprint density at radius 1 is 1.16 bits per heavy atom. The standard InChI is InChI=1S/C20H20ClFN2O/c21-16-3-1-2-14(10-16)13-23-19-20(6-8-25-9-7-20)12-15-11-17(22)4-5-18(15)24-19/h1-5,10-11H,6-9,12-13H2,(H,23,24). The average Bonchev–Trinajstić information content (AvgIpc) is 2.61. The molecule has 0 atom stereocenters. The van der Waals surface area contributed by atoms with Gasteiger partial charge in [-0.2, -0.15) is 0 Å². The SMILES string of the molecule is Fc1ccc2c(c1)CC1(CCOCC1)C(=NCc1cccc(Cl)c1)N2. The Hall–Kier alpha value is -1.91. The van der Waals surface area contributed by atoms with Gasteiger partial charge < -0.3 is 10.1 Å². The molecule has 130 valence electrons. The van der Waals surface area contributed by atoms with Crippen molar-refractivity contribution in [2.24, 2.45) is 10.4 Å². The molecule has 2 heterocycles. The van der Waals surface area contributed by atoms with Crippen LogP contribution in [0, 0.1) is 11.2 Å². The molecule has 5 heteroatoms. The zero-order valence-corrected chi connectivity index (χ0v) is 14.7. The second kappa shape index (κ2) is 6.77. The molecule has 2 aliphatic heterocycles. The second-order valence-corrected chi connectivity index (χ2v) is 7.23. The van der Waals surface area contributed by atoms with Crippen molar-refractivity contribution in [1.82, 2.24) is 0 Å². The molecule has 1 fully saturated rings. The molecule has 0 unspecified atom stereocenters. The van der Waals surface area contributed by atoms with E-state index in [0.29, 0.717) is 19.8 Å². The quantitative estimate of drug-likeness (QED) is 0.833.